The summed E-state index contributed by atoms with van der Waals surface area (Å²) in [4.78, 5) is 13.7. The van der Waals surface area contributed by atoms with Crippen molar-refractivity contribution in [3.8, 4) is 17.6 Å². The van der Waals surface area contributed by atoms with Gasteiger partial charge >= 0.3 is 0 Å². The molecule has 30 heavy (non-hydrogen) atoms. The Labute approximate surface area is 182 Å². The first-order valence-corrected chi connectivity index (χ1v) is 10.5. The molecule has 0 spiro atoms. The van der Waals surface area contributed by atoms with Crippen LogP contribution in [-0.4, -0.2) is 24.4 Å². The van der Waals surface area contributed by atoms with Crippen molar-refractivity contribution in [2.75, 3.05) is 13.7 Å². The van der Waals surface area contributed by atoms with E-state index in [2.05, 4.69) is 22.0 Å². The second-order valence-electron chi connectivity index (χ2n) is 7.43. The van der Waals surface area contributed by atoms with Gasteiger partial charge in [0.15, 0.2) is 0 Å². The number of nitrogens with zero attached hydrogens (tertiary/aromatic N) is 2. The second-order valence-corrected chi connectivity index (χ2v) is 8.34. The molecule has 2 aliphatic heterocycles. The first-order valence-electron chi connectivity index (χ1n) is 9.71. The fraction of sp³-hybridized carbons (Fsp3) is 0.364. The molecule has 7 nitrogen and oxygen atoms in total. The minimum atomic E-state index is -0.699. The highest BCUT2D eigenvalue weighted by molar-refractivity contribution is 9.10. The van der Waals surface area contributed by atoms with Gasteiger partial charge in [-0.25, -0.2) is 0 Å². The van der Waals surface area contributed by atoms with Crippen LogP contribution in [0.3, 0.4) is 0 Å². The number of nitrogens with two attached hydrogens (primary N) is 1. The molecule has 0 unspecified atom stereocenters. The van der Waals surface area contributed by atoms with Crippen LogP contribution in [0.2, 0.25) is 0 Å². The van der Waals surface area contributed by atoms with E-state index in [1.807, 2.05) is 19.1 Å². The Bertz CT molecular complexity index is 1130. The number of aryl methyl sites for hydroxylation is 1. The summed E-state index contributed by atoms with van der Waals surface area (Å²) in [6, 6.07) is 9.40. The van der Waals surface area contributed by atoms with Gasteiger partial charge in [-0.15, -0.1) is 0 Å². The lowest BCUT2D eigenvalue weighted by atomic mass is 9.83. The Morgan fingerprint density at radius 3 is 2.87 bits per heavy atom. The SMILES string of the molecule is COc1ccc(Br)cc1[C@@H]1C(C#N)=C(N)Oc2cc(C)n(C[C@H]3CCCO3)c(=O)c21. The number of ether oxygens (including phenoxy) is 3. The van der Waals surface area contributed by atoms with Crippen LogP contribution in [0.15, 0.2) is 45.0 Å². The molecular formula is C22H22BrN3O4. The van der Waals surface area contributed by atoms with Gasteiger partial charge in [-0.3, -0.25) is 4.79 Å². The third-order valence-corrected chi connectivity index (χ3v) is 6.10. The molecule has 0 aliphatic carbocycles. The van der Waals surface area contributed by atoms with Gasteiger partial charge < -0.3 is 24.5 Å². The van der Waals surface area contributed by atoms with Gasteiger partial charge in [0.1, 0.15) is 23.1 Å². The number of benzene rings is 1. The Hall–Kier alpha value is -2.76. The molecule has 2 atom stereocenters. The minimum absolute atomic E-state index is 0.00105. The van der Waals surface area contributed by atoms with E-state index in [0.717, 1.165) is 23.0 Å². The van der Waals surface area contributed by atoms with Crippen LogP contribution in [0.4, 0.5) is 0 Å². The number of methoxy groups -OCH3 is 1. The summed E-state index contributed by atoms with van der Waals surface area (Å²) >= 11 is 3.48. The van der Waals surface area contributed by atoms with Crippen LogP contribution < -0.4 is 20.8 Å². The molecule has 2 aliphatic rings. The predicted molar refractivity (Wildman–Crippen MR) is 114 cm³/mol. The molecule has 0 saturated carbocycles. The average Bonchev–Trinajstić information content (AvgIpc) is 3.23. The van der Waals surface area contributed by atoms with Crippen molar-refractivity contribution in [2.24, 2.45) is 5.73 Å². The van der Waals surface area contributed by atoms with Crippen molar-refractivity contribution in [3.63, 3.8) is 0 Å². The first-order chi connectivity index (χ1) is 14.4. The minimum Gasteiger partial charge on any atom is -0.496 e. The molecule has 2 N–H and O–H groups in total. The Kier molecular flexibility index (Phi) is 5.58. The zero-order valence-corrected chi connectivity index (χ0v) is 18.4. The van der Waals surface area contributed by atoms with Crippen LogP contribution in [0, 0.1) is 18.3 Å². The number of allylic oxidation sites excluding steroid dienone is 1. The van der Waals surface area contributed by atoms with Gasteiger partial charge in [0.2, 0.25) is 5.88 Å². The Morgan fingerprint density at radius 1 is 1.40 bits per heavy atom. The third kappa shape index (κ3) is 3.48. The number of halogens is 1. The molecule has 156 valence electrons. The van der Waals surface area contributed by atoms with E-state index in [9.17, 15) is 10.1 Å². The summed E-state index contributed by atoms with van der Waals surface area (Å²) in [7, 11) is 1.55. The van der Waals surface area contributed by atoms with E-state index in [4.69, 9.17) is 19.9 Å². The summed E-state index contributed by atoms with van der Waals surface area (Å²) in [6.07, 6.45) is 1.90. The molecule has 1 aromatic heterocycles. The number of hydrogen-bond donors (Lipinski definition) is 1. The summed E-state index contributed by atoms with van der Waals surface area (Å²) < 4.78 is 19.5. The average molecular weight is 472 g/mol. The lowest BCUT2D eigenvalue weighted by Gasteiger charge is -2.28. The van der Waals surface area contributed by atoms with Crippen molar-refractivity contribution in [2.45, 2.75) is 38.3 Å². The first kappa shape index (κ1) is 20.5. The number of hydrogen-bond acceptors (Lipinski definition) is 6. The topological polar surface area (TPSA) is 99.5 Å². The maximum atomic E-state index is 13.7. The number of fused-ring (bicyclic) bond motifs is 1. The van der Waals surface area contributed by atoms with E-state index in [1.165, 1.54) is 0 Å². The number of rotatable bonds is 4. The van der Waals surface area contributed by atoms with E-state index in [-0.39, 0.29) is 23.1 Å². The van der Waals surface area contributed by atoms with Crippen LogP contribution in [0.5, 0.6) is 11.5 Å². The van der Waals surface area contributed by atoms with E-state index in [0.29, 0.717) is 35.8 Å². The molecular weight excluding hydrogens is 450 g/mol. The summed E-state index contributed by atoms with van der Waals surface area (Å²) in [5.74, 6) is 0.217. The van der Waals surface area contributed by atoms with Crippen LogP contribution >= 0.6 is 15.9 Å². The monoisotopic (exact) mass is 471 g/mol. The number of nitriles is 1. The lowest BCUT2D eigenvalue weighted by molar-refractivity contribution is 0.0954. The highest BCUT2D eigenvalue weighted by atomic mass is 79.9. The highest BCUT2D eigenvalue weighted by Gasteiger charge is 2.36. The molecule has 1 saturated heterocycles. The van der Waals surface area contributed by atoms with Crippen LogP contribution in [0.25, 0.3) is 0 Å². The van der Waals surface area contributed by atoms with Gasteiger partial charge in [0, 0.05) is 28.4 Å². The fourth-order valence-electron chi connectivity index (χ4n) is 4.15. The van der Waals surface area contributed by atoms with Crippen molar-refractivity contribution in [1.82, 2.24) is 4.57 Å². The molecule has 0 radical (unpaired) electrons. The zero-order chi connectivity index (χ0) is 21.4. The van der Waals surface area contributed by atoms with Crippen molar-refractivity contribution in [3.05, 3.63) is 67.4 Å². The predicted octanol–water partition coefficient (Wildman–Crippen LogP) is 3.33. The maximum absolute atomic E-state index is 13.7. The van der Waals surface area contributed by atoms with Crippen molar-refractivity contribution >= 4 is 15.9 Å². The summed E-state index contributed by atoms with van der Waals surface area (Å²) in [6.45, 7) is 3.03. The van der Waals surface area contributed by atoms with Gasteiger partial charge in [0.05, 0.1) is 31.2 Å². The fourth-order valence-corrected chi connectivity index (χ4v) is 4.53. The van der Waals surface area contributed by atoms with E-state index in [1.54, 1.807) is 23.8 Å². The quantitative estimate of drug-likeness (QED) is 0.733. The normalized spacial score (nSPS) is 20.5. The number of aromatic nitrogens is 1. The summed E-state index contributed by atoms with van der Waals surface area (Å²) in [5.41, 5.74) is 7.85. The number of pyridine rings is 1. The summed E-state index contributed by atoms with van der Waals surface area (Å²) in [5, 5.41) is 9.85. The van der Waals surface area contributed by atoms with Gasteiger partial charge in [-0.05, 0) is 38.0 Å². The third-order valence-electron chi connectivity index (χ3n) is 5.60. The van der Waals surface area contributed by atoms with Crippen LogP contribution in [0.1, 0.15) is 35.6 Å². The molecule has 1 aromatic carbocycles. The molecule has 2 aromatic rings. The molecule has 3 heterocycles. The van der Waals surface area contributed by atoms with E-state index < -0.39 is 5.92 Å². The lowest BCUT2D eigenvalue weighted by Crippen LogP contribution is -2.35. The zero-order valence-electron chi connectivity index (χ0n) is 16.8. The van der Waals surface area contributed by atoms with Crippen molar-refractivity contribution < 1.29 is 14.2 Å². The Balaban J connectivity index is 1.94. The second kappa shape index (κ2) is 8.17. The van der Waals surface area contributed by atoms with Gasteiger partial charge in [0.25, 0.3) is 5.56 Å². The van der Waals surface area contributed by atoms with Crippen molar-refractivity contribution in [1.29, 1.82) is 5.26 Å². The molecule has 0 bridgehead atoms. The smallest absolute Gasteiger partial charge is 0.258 e. The van der Waals surface area contributed by atoms with Gasteiger partial charge in [-0.1, -0.05) is 15.9 Å². The van der Waals surface area contributed by atoms with Gasteiger partial charge in [-0.2, -0.15) is 5.26 Å². The highest BCUT2D eigenvalue weighted by Crippen LogP contribution is 2.44. The largest absolute Gasteiger partial charge is 0.496 e. The molecule has 4 rings (SSSR count). The molecule has 8 heteroatoms. The van der Waals surface area contributed by atoms with E-state index >= 15 is 0 Å². The molecule has 0 amide bonds. The molecule has 1 fully saturated rings. The maximum Gasteiger partial charge on any atom is 0.258 e. The Morgan fingerprint density at radius 2 is 2.20 bits per heavy atom. The van der Waals surface area contributed by atoms with Crippen LogP contribution in [-0.2, 0) is 11.3 Å². The standard InChI is InChI=1S/C22H22BrN3O4/c1-12-8-18-20(22(27)26(12)11-14-4-3-7-29-14)19(16(10-24)21(25)30-18)15-9-13(23)5-6-17(15)28-2/h5-6,8-9,14,19H,3-4,7,11,25H2,1-2H3/t14-,19-/m1/s1.